The summed E-state index contributed by atoms with van der Waals surface area (Å²) in [6.07, 6.45) is 1.29. The Kier molecular flexibility index (Phi) is 2.36. The molecule has 0 aromatic heterocycles. The first-order valence-corrected chi connectivity index (χ1v) is 5.39. The highest BCUT2D eigenvalue weighted by Crippen LogP contribution is 2.41. The average Bonchev–Trinajstić information content (AvgIpc) is 2.82. The van der Waals surface area contributed by atoms with E-state index in [0.29, 0.717) is 6.04 Å². The molecule has 0 spiro atoms. The Morgan fingerprint density at radius 2 is 1.79 bits per heavy atom. The van der Waals surface area contributed by atoms with Gasteiger partial charge in [0.15, 0.2) is 0 Å². The fourth-order valence-corrected chi connectivity index (χ4v) is 1.98. The summed E-state index contributed by atoms with van der Waals surface area (Å²) < 4.78 is 0. The molecular formula is C13H19N. The highest BCUT2D eigenvalue weighted by molar-refractivity contribution is 5.27. The van der Waals surface area contributed by atoms with Gasteiger partial charge in [0.1, 0.15) is 0 Å². The van der Waals surface area contributed by atoms with Crippen molar-refractivity contribution in [3.63, 3.8) is 0 Å². The molecule has 1 fully saturated rings. The van der Waals surface area contributed by atoms with Crippen molar-refractivity contribution in [2.24, 2.45) is 0 Å². The fraction of sp³-hybridized carbons (Fsp3) is 0.538. The molecular weight excluding hydrogens is 170 g/mol. The molecule has 2 atom stereocenters. The van der Waals surface area contributed by atoms with Crippen LogP contribution in [-0.4, -0.2) is 11.6 Å². The lowest BCUT2D eigenvalue weighted by molar-refractivity contribution is 0.418. The summed E-state index contributed by atoms with van der Waals surface area (Å²) in [7, 11) is 0. The maximum absolute atomic E-state index is 3.64. The van der Waals surface area contributed by atoms with E-state index in [-0.39, 0.29) is 5.54 Å². The van der Waals surface area contributed by atoms with E-state index < -0.39 is 0 Å². The zero-order valence-corrected chi connectivity index (χ0v) is 9.25. The lowest BCUT2D eigenvalue weighted by Gasteiger charge is -2.20. The highest BCUT2D eigenvalue weighted by Gasteiger charge is 2.39. The summed E-state index contributed by atoms with van der Waals surface area (Å²) in [4.78, 5) is 0. The van der Waals surface area contributed by atoms with E-state index in [2.05, 4.69) is 56.4 Å². The lowest BCUT2D eigenvalue weighted by Crippen LogP contribution is -2.38. The van der Waals surface area contributed by atoms with Gasteiger partial charge in [0.05, 0.1) is 0 Å². The normalized spacial score (nSPS) is 26.2. The van der Waals surface area contributed by atoms with Crippen molar-refractivity contribution >= 4 is 0 Å². The summed E-state index contributed by atoms with van der Waals surface area (Å²) in [5.41, 5.74) is 1.73. The van der Waals surface area contributed by atoms with Crippen LogP contribution in [0.5, 0.6) is 0 Å². The molecule has 0 bridgehead atoms. The predicted octanol–water partition coefficient (Wildman–Crippen LogP) is 2.93. The van der Waals surface area contributed by atoms with Gasteiger partial charge >= 0.3 is 0 Å². The van der Waals surface area contributed by atoms with Crippen molar-refractivity contribution in [2.45, 2.75) is 44.7 Å². The largest absolute Gasteiger partial charge is 0.309 e. The van der Waals surface area contributed by atoms with Crippen molar-refractivity contribution in [1.82, 2.24) is 5.32 Å². The molecule has 0 amide bonds. The molecule has 1 saturated carbocycles. The van der Waals surface area contributed by atoms with Gasteiger partial charge in [-0.1, -0.05) is 30.3 Å². The van der Waals surface area contributed by atoms with Crippen molar-refractivity contribution in [3.05, 3.63) is 35.9 Å². The van der Waals surface area contributed by atoms with Crippen LogP contribution < -0.4 is 5.32 Å². The molecule has 1 heteroatoms. The van der Waals surface area contributed by atoms with E-state index in [9.17, 15) is 0 Å². The van der Waals surface area contributed by atoms with Crippen LogP contribution >= 0.6 is 0 Å². The quantitative estimate of drug-likeness (QED) is 0.754. The van der Waals surface area contributed by atoms with Crippen LogP contribution in [0, 0.1) is 0 Å². The summed E-state index contributed by atoms with van der Waals surface area (Å²) >= 11 is 0. The van der Waals surface area contributed by atoms with Gasteiger partial charge < -0.3 is 5.32 Å². The molecule has 0 aliphatic heterocycles. The van der Waals surface area contributed by atoms with Gasteiger partial charge in [-0.15, -0.1) is 0 Å². The van der Waals surface area contributed by atoms with E-state index in [1.165, 1.54) is 12.0 Å². The van der Waals surface area contributed by atoms with Crippen LogP contribution in [0.3, 0.4) is 0 Å². The van der Waals surface area contributed by atoms with Crippen molar-refractivity contribution in [2.75, 3.05) is 0 Å². The van der Waals surface area contributed by atoms with Crippen LogP contribution in [0.15, 0.2) is 30.3 Å². The Bertz CT molecular complexity index is 297. The summed E-state index contributed by atoms with van der Waals surface area (Å²) in [6.45, 7) is 6.69. The standard InChI is InChI=1S/C13H19N/c1-13(2,3)14-12-9-11(12)10-7-5-4-6-8-10/h4-8,11-12,14H,9H2,1-3H3/t11-,12-/m0/s1. The Labute approximate surface area is 86.5 Å². The minimum atomic E-state index is 0.244. The SMILES string of the molecule is CC(C)(C)N[C@H]1C[C@H]1c1ccccc1. The molecule has 0 saturated heterocycles. The number of rotatable bonds is 2. The molecule has 1 aliphatic rings. The maximum atomic E-state index is 3.64. The van der Waals surface area contributed by atoms with Crippen LogP contribution in [0.4, 0.5) is 0 Å². The second-order valence-corrected chi connectivity index (χ2v) is 5.25. The van der Waals surface area contributed by atoms with Crippen LogP contribution in [0.1, 0.15) is 38.7 Å². The molecule has 14 heavy (non-hydrogen) atoms. The topological polar surface area (TPSA) is 12.0 Å². The van der Waals surface area contributed by atoms with Crippen LogP contribution in [0.25, 0.3) is 0 Å². The Morgan fingerprint density at radius 1 is 1.14 bits per heavy atom. The Morgan fingerprint density at radius 3 is 2.36 bits per heavy atom. The van der Waals surface area contributed by atoms with Gasteiger partial charge in [-0.2, -0.15) is 0 Å². The van der Waals surface area contributed by atoms with Crippen molar-refractivity contribution in [3.8, 4) is 0 Å². The molecule has 76 valence electrons. The molecule has 0 heterocycles. The number of hydrogen-bond acceptors (Lipinski definition) is 1. The van der Waals surface area contributed by atoms with Gasteiger partial charge in [0, 0.05) is 17.5 Å². The Hall–Kier alpha value is -0.820. The van der Waals surface area contributed by atoms with Crippen molar-refractivity contribution < 1.29 is 0 Å². The highest BCUT2D eigenvalue weighted by atomic mass is 15.0. The first-order valence-electron chi connectivity index (χ1n) is 5.39. The minimum absolute atomic E-state index is 0.244. The molecule has 1 N–H and O–H groups in total. The molecule has 0 radical (unpaired) electrons. The van der Waals surface area contributed by atoms with Gasteiger partial charge in [0.2, 0.25) is 0 Å². The third-order valence-corrected chi connectivity index (χ3v) is 2.64. The number of hydrogen-bond donors (Lipinski definition) is 1. The molecule has 2 rings (SSSR count). The predicted molar refractivity (Wildman–Crippen MR) is 60.5 cm³/mol. The zero-order chi connectivity index (χ0) is 10.2. The van der Waals surface area contributed by atoms with E-state index in [0.717, 1.165) is 5.92 Å². The second kappa shape index (κ2) is 3.39. The van der Waals surface area contributed by atoms with Gasteiger partial charge in [0.25, 0.3) is 0 Å². The van der Waals surface area contributed by atoms with E-state index in [1.54, 1.807) is 0 Å². The minimum Gasteiger partial charge on any atom is -0.309 e. The molecule has 0 unspecified atom stereocenters. The fourth-order valence-electron chi connectivity index (χ4n) is 1.98. The Balaban J connectivity index is 1.94. The lowest BCUT2D eigenvalue weighted by atomic mass is 10.1. The van der Waals surface area contributed by atoms with E-state index in [1.807, 2.05) is 0 Å². The number of benzene rings is 1. The first kappa shape index (κ1) is 9.72. The first-order chi connectivity index (χ1) is 6.56. The second-order valence-electron chi connectivity index (χ2n) is 5.25. The maximum Gasteiger partial charge on any atom is 0.0148 e. The zero-order valence-electron chi connectivity index (χ0n) is 9.25. The summed E-state index contributed by atoms with van der Waals surface area (Å²) in [6, 6.07) is 11.5. The monoisotopic (exact) mass is 189 g/mol. The average molecular weight is 189 g/mol. The molecule has 1 nitrogen and oxygen atoms in total. The van der Waals surface area contributed by atoms with Gasteiger partial charge in [-0.3, -0.25) is 0 Å². The molecule has 1 aliphatic carbocycles. The molecule has 1 aromatic carbocycles. The van der Waals surface area contributed by atoms with E-state index >= 15 is 0 Å². The third kappa shape index (κ3) is 2.36. The summed E-state index contributed by atoms with van der Waals surface area (Å²) in [5.74, 6) is 0.746. The summed E-state index contributed by atoms with van der Waals surface area (Å²) in [5, 5.41) is 3.64. The van der Waals surface area contributed by atoms with E-state index in [4.69, 9.17) is 0 Å². The van der Waals surface area contributed by atoms with Crippen molar-refractivity contribution in [1.29, 1.82) is 0 Å². The van der Waals surface area contributed by atoms with Crippen LogP contribution in [0.2, 0.25) is 0 Å². The number of nitrogens with one attached hydrogen (secondary N) is 1. The molecule has 1 aromatic rings. The smallest absolute Gasteiger partial charge is 0.0148 e. The van der Waals surface area contributed by atoms with Gasteiger partial charge in [-0.25, -0.2) is 0 Å². The third-order valence-electron chi connectivity index (χ3n) is 2.64. The van der Waals surface area contributed by atoms with Gasteiger partial charge in [-0.05, 0) is 32.8 Å². The van der Waals surface area contributed by atoms with Crippen LogP contribution in [-0.2, 0) is 0 Å².